The molecule has 0 unspecified atom stereocenters. The Bertz CT molecular complexity index is 1210. The van der Waals surface area contributed by atoms with Crippen molar-refractivity contribution in [3.63, 3.8) is 0 Å². The maximum Gasteiger partial charge on any atom is 0.337 e. The van der Waals surface area contributed by atoms with Gasteiger partial charge in [-0.05, 0) is 42.8 Å². The number of carboxylic acids is 1. The van der Waals surface area contributed by atoms with Crippen LogP contribution in [0, 0.1) is 6.92 Å². The number of nitrogens with zero attached hydrogens (tertiary/aromatic N) is 2. The number of aryl methyl sites for hydroxylation is 1. The fraction of sp³-hybridized carbons (Fsp3) is 0.0870. The molecule has 0 saturated carbocycles. The first-order valence-corrected chi connectivity index (χ1v) is 9.16. The van der Waals surface area contributed by atoms with Gasteiger partial charge in [0, 0.05) is 23.3 Å². The van der Waals surface area contributed by atoms with Gasteiger partial charge in [-0.15, -0.1) is 0 Å². The highest BCUT2D eigenvalue weighted by Crippen LogP contribution is 2.25. The highest BCUT2D eigenvalue weighted by molar-refractivity contribution is 6.14. The first-order valence-electron chi connectivity index (χ1n) is 9.16. The van der Waals surface area contributed by atoms with Gasteiger partial charge < -0.3 is 15.0 Å². The first kappa shape index (κ1) is 18.4. The molecular formula is C23H19N3O3. The number of amides is 1. The van der Waals surface area contributed by atoms with E-state index in [1.807, 2.05) is 47.9 Å². The van der Waals surface area contributed by atoms with Gasteiger partial charge in [-0.1, -0.05) is 30.3 Å². The molecular weight excluding hydrogens is 366 g/mol. The summed E-state index contributed by atoms with van der Waals surface area (Å²) in [5, 5.41) is 12.9. The van der Waals surface area contributed by atoms with E-state index in [-0.39, 0.29) is 17.2 Å². The molecule has 0 radical (unpaired) electrons. The van der Waals surface area contributed by atoms with E-state index in [4.69, 9.17) is 0 Å². The number of rotatable bonds is 5. The number of para-hydroxylation sites is 1. The van der Waals surface area contributed by atoms with Gasteiger partial charge in [0.25, 0.3) is 5.91 Å². The number of carbonyl (C=O) groups excluding carboxylic acids is 1. The summed E-state index contributed by atoms with van der Waals surface area (Å²) in [6, 6.07) is 18.0. The Kier molecular flexibility index (Phi) is 4.83. The van der Waals surface area contributed by atoms with Crippen molar-refractivity contribution in [1.82, 2.24) is 9.55 Å². The first-order chi connectivity index (χ1) is 14.0. The number of fused-ring (bicyclic) bond motifs is 1. The molecule has 0 aliphatic carbocycles. The van der Waals surface area contributed by atoms with Gasteiger partial charge >= 0.3 is 5.97 Å². The summed E-state index contributed by atoms with van der Waals surface area (Å²) in [5.74, 6) is -1.44. The molecule has 0 bridgehead atoms. The third kappa shape index (κ3) is 3.73. The summed E-state index contributed by atoms with van der Waals surface area (Å²) < 4.78 is 1.99. The van der Waals surface area contributed by atoms with Crippen molar-refractivity contribution in [2.75, 3.05) is 5.32 Å². The van der Waals surface area contributed by atoms with E-state index in [1.54, 1.807) is 30.6 Å². The zero-order valence-corrected chi connectivity index (χ0v) is 15.8. The van der Waals surface area contributed by atoms with Crippen LogP contribution in [0.4, 0.5) is 5.69 Å². The summed E-state index contributed by atoms with van der Waals surface area (Å²) >= 11 is 0. The number of anilines is 1. The fourth-order valence-corrected chi connectivity index (χ4v) is 3.35. The Morgan fingerprint density at radius 1 is 1.03 bits per heavy atom. The molecule has 0 aliphatic rings. The highest BCUT2D eigenvalue weighted by Gasteiger charge is 2.18. The van der Waals surface area contributed by atoms with Crippen molar-refractivity contribution >= 4 is 28.5 Å². The molecule has 2 aromatic heterocycles. The van der Waals surface area contributed by atoms with Crippen LogP contribution in [0.3, 0.4) is 0 Å². The van der Waals surface area contributed by atoms with E-state index >= 15 is 0 Å². The molecule has 4 aromatic rings. The maximum absolute atomic E-state index is 13.0. The molecule has 0 saturated heterocycles. The minimum Gasteiger partial charge on any atom is -0.478 e. The lowest BCUT2D eigenvalue weighted by Crippen LogP contribution is -2.14. The summed E-state index contributed by atoms with van der Waals surface area (Å²) in [4.78, 5) is 28.8. The number of nitrogens with one attached hydrogen (secondary N) is 1. The zero-order chi connectivity index (χ0) is 20.4. The van der Waals surface area contributed by atoms with Crippen LogP contribution in [0.25, 0.3) is 10.9 Å². The van der Waals surface area contributed by atoms with Gasteiger partial charge in [0.15, 0.2) is 0 Å². The molecule has 2 aromatic carbocycles. The second-order valence-corrected chi connectivity index (χ2v) is 6.82. The van der Waals surface area contributed by atoms with Crippen LogP contribution >= 0.6 is 0 Å². The van der Waals surface area contributed by atoms with Gasteiger partial charge in [-0.2, -0.15) is 0 Å². The summed E-state index contributed by atoms with van der Waals surface area (Å²) in [5.41, 5.74) is 3.69. The summed E-state index contributed by atoms with van der Waals surface area (Å²) in [7, 11) is 0. The van der Waals surface area contributed by atoms with Crippen LogP contribution in [0.1, 0.15) is 32.0 Å². The third-order valence-electron chi connectivity index (χ3n) is 4.75. The number of aromatic carboxylic acids is 1. The Labute approximate surface area is 167 Å². The van der Waals surface area contributed by atoms with E-state index in [0.717, 1.165) is 22.2 Å². The summed E-state index contributed by atoms with van der Waals surface area (Å²) in [6.45, 7) is 2.53. The lowest BCUT2D eigenvalue weighted by molar-refractivity contribution is 0.0698. The van der Waals surface area contributed by atoms with E-state index in [9.17, 15) is 14.7 Å². The quantitative estimate of drug-likeness (QED) is 0.535. The minimum absolute atomic E-state index is 0.0499. The third-order valence-corrected chi connectivity index (χ3v) is 4.75. The fourth-order valence-electron chi connectivity index (χ4n) is 3.35. The van der Waals surface area contributed by atoms with Crippen molar-refractivity contribution in [2.45, 2.75) is 13.5 Å². The van der Waals surface area contributed by atoms with Crippen LogP contribution < -0.4 is 5.32 Å². The largest absolute Gasteiger partial charge is 0.478 e. The molecule has 144 valence electrons. The number of carboxylic acid groups (broad SMARTS) is 1. The molecule has 0 atom stereocenters. The van der Waals surface area contributed by atoms with Crippen LogP contribution in [-0.2, 0) is 6.54 Å². The SMILES string of the molecule is Cc1ccc2c(C(=O)Nc3ccccc3C(=O)O)cn(Cc3ccccn3)c2c1. The molecule has 2 heterocycles. The molecule has 2 N–H and O–H groups in total. The molecule has 6 nitrogen and oxygen atoms in total. The van der Waals surface area contributed by atoms with Crippen LogP contribution in [0.2, 0.25) is 0 Å². The van der Waals surface area contributed by atoms with Gasteiger partial charge in [0.1, 0.15) is 0 Å². The van der Waals surface area contributed by atoms with Crippen molar-refractivity contribution in [3.8, 4) is 0 Å². The highest BCUT2D eigenvalue weighted by atomic mass is 16.4. The van der Waals surface area contributed by atoms with Crippen molar-refractivity contribution in [3.05, 3.63) is 95.4 Å². The van der Waals surface area contributed by atoms with E-state index in [2.05, 4.69) is 10.3 Å². The van der Waals surface area contributed by atoms with E-state index in [1.165, 1.54) is 6.07 Å². The topological polar surface area (TPSA) is 84.2 Å². The normalized spacial score (nSPS) is 10.8. The molecule has 0 spiro atoms. The van der Waals surface area contributed by atoms with Gasteiger partial charge in [-0.3, -0.25) is 9.78 Å². The molecule has 0 fully saturated rings. The number of benzene rings is 2. The van der Waals surface area contributed by atoms with Gasteiger partial charge in [0.2, 0.25) is 0 Å². The van der Waals surface area contributed by atoms with Crippen molar-refractivity contribution in [2.24, 2.45) is 0 Å². The second kappa shape index (κ2) is 7.59. The van der Waals surface area contributed by atoms with Crippen LogP contribution in [0.15, 0.2) is 73.1 Å². The number of aromatic nitrogens is 2. The average molecular weight is 385 g/mol. The molecule has 0 aliphatic heterocycles. The zero-order valence-electron chi connectivity index (χ0n) is 15.8. The van der Waals surface area contributed by atoms with E-state index in [0.29, 0.717) is 12.1 Å². The van der Waals surface area contributed by atoms with Crippen molar-refractivity contribution < 1.29 is 14.7 Å². The lowest BCUT2D eigenvalue weighted by Gasteiger charge is -2.07. The second-order valence-electron chi connectivity index (χ2n) is 6.82. The Balaban J connectivity index is 1.74. The van der Waals surface area contributed by atoms with Crippen molar-refractivity contribution in [1.29, 1.82) is 0 Å². The predicted molar refractivity (Wildman–Crippen MR) is 111 cm³/mol. The lowest BCUT2D eigenvalue weighted by atomic mass is 10.1. The Morgan fingerprint density at radius 3 is 2.59 bits per heavy atom. The van der Waals surface area contributed by atoms with Gasteiger partial charge in [0.05, 0.1) is 29.1 Å². The predicted octanol–water partition coefficient (Wildman–Crippen LogP) is 4.34. The number of hydrogen-bond donors (Lipinski definition) is 2. The van der Waals surface area contributed by atoms with E-state index < -0.39 is 5.97 Å². The maximum atomic E-state index is 13.0. The van der Waals surface area contributed by atoms with Crippen LogP contribution in [0.5, 0.6) is 0 Å². The smallest absolute Gasteiger partial charge is 0.337 e. The Hall–Kier alpha value is -3.93. The van der Waals surface area contributed by atoms with Crippen LogP contribution in [-0.4, -0.2) is 26.5 Å². The molecule has 29 heavy (non-hydrogen) atoms. The summed E-state index contributed by atoms with van der Waals surface area (Å²) in [6.07, 6.45) is 3.53. The molecule has 4 rings (SSSR count). The standard InChI is InChI=1S/C23H19N3O3/c1-15-9-10-17-19(22(27)25-20-8-3-2-7-18(20)23(28)29)14-26(21(17)12-15)13-16-6-4-5-11-24-16/h2-12,14H,13H2,1H3,(H,25,27)(H,28,29). The minimum atomic E-state index is -1.09. The average Bonchev–Trinajstić information content (AvgIpc) is 3.06. The monoisotopic (exact) mass is 385 g/mol. The van der Waals surface area contributed by atoms with Gasteiger partial charge in [-0.25, -0.2) is 4.79 Å². The molecule has 6 heteroatoms. The number of pyridine rings is 1. The number of hydrogen-bond acceptors (Lipinski definition) is 3. The number of carbonyl (C=O) groups is 2. The Morgan fingerprint density at radius 2 is 1.83 bits per heavy atom. The molecule has 1 amide bonds.